The number of carboxylic acids is 1. The first kappa shape index (κ1) is 23.6. The number of aliphatic hydroxyl groups is 2. The maximum absolute atomic E-state index is 10.1. The van der Waals surface area contributed by atoms with E-state index in [-0.39, 0.29) is 26.4 Å². The molecule has 0 aromatic rings. The highest BCUT2D eigenvalue weighted by Crippen LogP contribution is 1.76. The number of aliphatic carboxylic acids is 1. The van der Waals surface area contributed by atoms with Crippen LogP contribution in [0.15, 0.2) is 38.0 Å². The molecular weight excluding hydrogens is 284 g/mol. The predicted molar refractivity (Wildman–Crippen MR) is 74.3 cm³/mol. The topological polar surface area (TPSA) is 130 Å². The van der Waals surface area contributed by atoms with E-state index in [9.17, 15) is 14.4 Å². The minimum Gasteiger partial charge on any atom is -0.478 e. The second-order valence-corrected chi connectivity index (χ2v) is 2.73. The second kappa shape index (κ2) is 19.9. The molecule has 0 aliphatic heterocycles. The standard InChI is InChI=1S/2C5H8O3.C3H4O2/c2*1-2-5(7)8-4-3-6;1-2-3(4)5/h2*2,6H,1,3-4H2;2H,1H2,(H,4,5). The minimum absolute atomic E-state index is 0.0465. The molecule has 0 rings (SSSR count). The average molecular weight is 304 g/mol. The van der Waals surface area contributed by atoms with Gasteiger partial charge < -0.3 is 24.8 Å². The Bertz CT molecular complexity index is 311. The van der Waals surface area contributed by atoms with Crippen LogP contribution in [0, 0.1) is 0 Å². The van der Waals surface area contributed by atoms with Crippen molar-refractivity contribution in [2.45, 2.75) is 0 Å². The first-order valence-electron chi connectivity index (χ1n) is 5.54. The summed E-state index contributed by atoms with van der Waals surface area (Å²) in [5.74, 6) is -1.98. The number of rotatable bonds is 7. The van der Waals surface area contributed by atoms with Crippen molar-refractivity contribution in [1.29, 1.82) is 0 Å². The first-order chi connectivity index (χ1) is 9.89. The van der Waals surface area contributed by atoms with E-state index in [1.54, 1.807) is 0 Å². The fraction of sp³-hybridized carbons (Fsp3) is 0.308. The van der Waals surface area contributed by atoms with E-state index in [4.69, 9.17) is 15.3 Å². The molecule has 0 aliphatic rings. The summed E-state index contributed by atoms with van der Waals surface area (Å²) in [5, 5.41) is 23.8. The monoisotopic (exact) mass is 304 g/mol. The van der Waals surface area contributed by atoms with Crippen molar-refractivity contribution < 1.29 is 39.2 Å². The molecule has 0 bridgehead atoms. The molecule has 0 aromatic carbocycles. The van der Waals surface area contributed by atoms with Crippen LogP contribution in [0.25, 0.3) is 0 Å². The molecule has 0 saturated heterocycles. The number of ether oxygens (including phenoxy) is 2. The molecule has 0 unspecified atom stereocenters. The van der Waals surface area contributed by atoms with Crippen LogP contribution >= 0.6 is 0 Å². The van der Waals surface area contributed by atoms with E-state index in [1.807, 2.05) is 0 Å². The third kappa shape index (κ3) is 31.8. The average Bonchev–Trinajstić information content (AvgIpc) is 2.51. The van der Waals surface area contributed by atoms with Crippen LogP contribution in [0.2, 0.25) is 0 Å². The van der Waals surface area contributed by atoms with Crippen LogP contribution in [0.1, 0.15) is 0 Å². The Balaban J connectivity index is -0.000000239. The van der Waals surface area contributed by atoms with E-state index < -0.39 is 17.9 Å². The second-order valence-electron chi connectivity index (χ2n) is 2.73. The van der Waals surface area contributed by atoms with E-state index in [0.717, 1.165) is 18.2 Å². The number of hydrogen-bond acceptors (Lipinski definition) is 7. The van der Waals surface area contributed by atoms with Crippen molar-refractivity contribution in [3.8, 4) is 0 Å². The summed E-state index contributed by atoms with van der Waals surface area (Å²) >= 11 is 0. The lowest BCUT2D eigenvalue weighted by Gasteiger charge is -1.94. The van der Waals surface area contributed by atoms with Crippen LogP contribution in [-0.2, 0) is 23.9 Å². The lowest BCUT2D eigenvalue weighted by molar-refractivity contribution is -0.139. The Morgan fingerprint density at radius 2 is 1.10 bits per heavy atom. The van der Waals surface area contributed by atoms with Crippen molar-refractivity contribution in [2.75, 3.05) is 26.4 Å². The number of esters is 2. The van der Waals surface area contributed by atoms with Gasteiger partial charge in [0.1, 0.15) is 13.2 Å². The molecular formula is C13H20O8. The first-order valence-corrected chi connectivity index (χ1v) is 5.54. The van der Waals surface area contributed by atoms with Crippen LogP contribution < -0.4 is 0 Å². The molecule has 3 N–H and O–H groups in total. The molecule has 0 fully saturated rings. The Kier molecular flexibility index (Phi) is 22.4. The number of carbonyl (C=O) groups excluding carboxylic acids is 2. The molecule has 0 radical (unpaired) electrons. The molecule has 0 aliphatic carbocycles. The predicted octanol–water partition coefficient (Wildman–Crippen LogP) is -0.327. The lowest BCUT2D eigenvalue weighted by atomic mass is 10.6. The van der Waals surface area contributed by atoms with Crippen LogP contribution in [0.4, 0.5) is 0 Å². The molecule has 8 nitrogen and oxygen atoms in total. The number of carbonyl (C=O) groups is 3. The van der Waals surface area contributed by atoms with E-state index in [0.29, 0.717) is 0 Å². The van der Waals surface area contributed by atoms with Gasteiger partial charge in [0.25, 0.3) is 0 Å². The Labute approximate surface area is 122 Å². The summed E-state index contributed by atoms with van der Waals surface area (Å²) in [6.07, 6.45) is 2.94. The van der Waals surface area contributed by atoms with Gasteiger partial charge in [0, 0.05) is 18.2 Å². The third-order valence-corrected chi connectivity index (χ3v) is 1.18. The molecule has 120 valence electrons. The largest absolute Gasteiger partial charge is 0.478 e. The summed E-state index contributed by atoms with van der Waals surface area (Å²) in [6, 6.07) is 0. The highest BCUT2D eigenvalue weighted by Gasteiger charge is 1.90. The maximum atomic E-state index is 10.1. The third-order valence-electron chi connectivity index (χ3n) is 1.18. The normalized spacial score (nSPS) is 7.71. The van der Waals surface area contributed by atoms with Gasteiger partial charge in [0.15, 0.2) is 0 Å². The highest BCUT2D eigenvalue weighted by atomic mass is 16.5. The van der Waals surface area contributed by atoms with Crippen LogP contribution in [0.5, 0.6) is 0 Å². The summed E-state index contributed by atoms with van der Waals surface area (Å²) in [6.45, 7) is 9.09. The van der Waals surface area contributed by atoms with Crippen molar-refractivity contribution in [1.82, 2.24) is 0 Å². The molecule has 0 heterocycles. The zero-order valence-electron chi connectivity index (χ0n) is 11.6. The molecule has 0 amide bonds. The zero-order chi connectivity index (χ0) is 17.1. The number of carboxylic acid groups (broad SMARTS) is 1. The molecule has 0 saturated carbocycles. The van der Waals surface area contributed by atoms with E-state index in [2.05, 4.69) is 29.2 Å². The zero-order valence-corrected chi connectivity index (χ0v) is 11.6. The quantitative estimate of drug-likeness (QED) is 0.430. The molecule has 0 atom stereocenters. The van der Waals surface area contributed by atoms with Crippen LogP contribution in [0.3, 0.4) is 0 Å². The van der Waals surface area contributed by atoms with Gasteiger partial charge in [0.05, 0.1) is 13.2 Å². The van der Waals surface area contributed by atoms with Crippen molar-refractivity contribution in [3.05, 3.63) is 38.0 Å². The lowest BCUT2D eigenvalue weighted by Crippen LogP contribution is -2.04. The van der Waals surface area contributed by atoms with E-state index >= 15 is 0 Å². The van der Waals surface area contributed by atoms with Crippen molar-refractivity contribution in [3.63, 3.8) is 0 Å². The molecule has 21 heavy (non-hydrogen) atoms. The fourth-order valence-electron chi connectivity index (χ4n) is 0.410. The summed E-state index contributed by atoms with van der Waals surface area (Å²) in [7, 11) is 0. The van der Waals surface area contributed by atoms with Crippen molar-refractivity contribution in [2.24, 2.45) is 0 Å². The maximum Gasteiger partial charge on any atom is 0.330 e. The van der Waals surface area contributed by atoms with Crippen molar-refractivity contribution >= 4 is 17.9 Å². The smallest absolute Gasteiger partial charge is 0.330 e. The van der Waals surface area contributed by atoms with Gasteiger partial charge >= 0.3 is 17.9 Å². The van der Waals surface area contributed by atoms with Gasteiger partial charge in [-0.25, -0.2) is 14.4 Å². The molecule has 8 heteroatoms. The summed E-state index contributed by atoms with van der Waals surface area (Å²) < 4.78 is 8.67. The Hall–Kier alpha value is -2.45. The molecule has 0 aromatic heterocycles. The molecule has 0 spiro atoms. The van der Waals surface area contributed by atoms with Gasteiger partial charge in [0.2, 0.25) is 0 Å². The number of aliphatic hydroxyl groups excluding tert-OH is 2. The Morgan fingerprint density at radius 3 is 1.24 bits per heavy atom. The number of hydrogen-bond donors (Lipinski definition) is 3. The SMILES string of the molecule is C=CC(=O)O.C=CC(=O)OCCO.C=CC(=O)OCCO. The van der Waals surface area contributed by atoms with Gasteiger partial charge in [-0.2, -0.15) is 0 Å². The Morgan fingerprint density at radius 1 is 0.810 bits per heavy atom. The van der Waals surface area contributed by atoms with Gasteiger partial charge in [-0.05, 0) is 0 Å². The van der Waals surface area contributed by atoms with Gasteiger partial charge in [-0.3, -0.25) is 0 Å². The fourth-order valence-corrected chi connectivity index (χ4v) is 0.410. The highest BCUT2D eigenvalue weighted by molar-refractivity contribution is 5.81. The van der Waals surface area contributed by atoms with E-state index in [1.165, 1.54) is 0 Å². The summed E-state index contributed by atoms with van der Waals surface area (Å²) in [4.78, 5) is 29.5. The minimum atomic E-state index is -0.981. The summed E-state index contributed by atoms with van der Waals surface area (Å²) in [5.41, 5.74) is 0. The van der Waals surface area contributed by atoms with Gasteiger partial charge in [-0.1, -0.05) is 19.7 Å². The van der Waals surface area contributed by atoms with Crippen LogP contribution in [-0.4, -0.2) is 59.7 Å². The van der Waals surface area contributed by atoms with Gasteiger partial charge in [-0.15, -0.1) is 0 Å².